The van der Waals surface area contributed by atoms with Gasteiger partial charge in [0.15, 0.2) is 0 Å². The van der Waals surface area contributed by atoms with Crippen molar-refractivity contribution < 1.29 is 5.11 Å². The average Bonchev–Trinajstić information content (AvgIpc) is 2.90. The summed E-state index contributed by atoms with van der Waals surface area (Å²) in [6.07, 6.45) is 6.64. The van der Waals surface area contributed by atoms with Gasteiger partial charge in [0.2, 0.25) is 0 Å². The molecule has 4 heteroatoms. The van der Waals surface area contributed by atoms with E-state index in [4.69, 9.17) is 0 Å². The minimum absolute atomic E-state index is 0.137. The van der Waals surface area contributed by atoms with Crippen molar-refractivity contribution in [3.63, 3.8) is 0 Å². The topological polar surface area (TPSA) is 50.1 Å². The van der Waals surface area contributed by atoms with Gasteiger partial charge in [-0.2, -0.15) is 5.10 Å². The summed E-state index contributed by atoms with van der Waals surface area (Å²) in [6.45, 7) is 2.05. The number of hydrogen-bond acceptors (Lipinski definition) is 3. The largest absolute Gasteiger partial charge is 0.396 e. The molecule has 2 N–H and O–H groups in total. The molecule has 1 fully saturated rings. The molecule has 0 atom stereocenters. The molecule has 0 aliphatic heterocycles. The summed E-state index contributed by atoms with van der Waals surface area (Å²) in [7, 11) is 1.95. The van der Waals surface area contributed by atoms with Crippen LogP contribution in [0, 0.1) is 5.41 Å². The summed E-state index contributed by atoms with van der Waals surface area (Å²) in [6, 6.07) is 2.02. The lowest BCUT2D eigenvalue weighted by atomic mass is 9.87. The second-order valence-corrected chi connectivity index (χ2v) is 4.91. The smallest absolute Gasteiger partial charge is 0.0518 e. The van der Waals surface area contributed by atoms with Gasteiger partial charge in [-0.15, -0.1) is 0 Å². The fraction of sp³-hybridized carbons (Fsp3) is 0.750. The molecular formula is C12H21N3O. The monoisotopic (exact) mass is 223 g/mol. The molecule has 0 bridgehead atoms. The second kappa shape index (κ2) is 4.97. The third-order valence-corrected chi connectivity index (χ3v) is 3.73. The van der Waals surface area contributed by atoms with Gasteiger partial charge in [-0.05, 0) is 18.9 Å². The van der Waals surface area contributed by atoms with E-state index in [1.54, 1.807) is 0 Å². The molecule has 4 nitrogen and oxygen atoms in total. The molecule has 1 aromatic heterocycles. The normalized spacial score (nSPS) is 19.1. The van der Waals surface area contributed by atoms with E-state index in [0.29, 0.717) is 6.61 Å². The highest BCUT2D eigenvalue weighted by molar-refractivity contribution is 4.99. The van der Waals surface area contributed by atoms with Crippen LogP contribution >= 0.6 is 0 Å². The van der Waals surface area contributed by atoms with E-state index in [2.05, 4.69) is 10.4 Å². The van der Waals surface area contributed by atoms with Gasteiger partial charge in [-0.25, -0.2) is 0 Å². The zero-order valence-electron chi connectivity index (χ0n) is 9.95. The van der Waals surface area contributed by atoms with Crippen LogP contribution in [0.2, 0.25) is 0 Å². The minimum atomic E-state index is 0.137. The quantitative estimate of drug-likeness (QED) is 0.785. The fourth-order valence-corrected chi connectivity index (χ4v) is 2.55. The molecule has 0 aromatic carbocycles. The molecule has 0 spiro atoms. The summed E-state index contributed by atoms with van der Waals surface area (Å²) in [5, 5.41) is 17.0. The van der Waals surface area contributed by atoms with Crippen molar-refractivity contribution in [3.05, 3.63) is 18.0 Å². The summed E-state index contributed by atoms with van der Waals surface area (Å²) in [5.41, 5.74) is 1.32. The van der Waals surface area contributed by atoms with E-state index >= 15 is 0 Å². The fourth-order valence-electron chi connectivity index (χ4n) is 2.55. The van der Waals surface area contributed by atoms with Crippen LogP contribution in [-0.2, 0) is 13.6 Å². The number of aliphatic hydroxyl groups excluding tert-OH is 1. The van der Waals surface area contributed by atoms with Crippen molar-refractivity contribution in [1.29, 1.82) is 0 Å². The lowest BCUT2D eigenvalue weighted by molar-refractivity contribution is 0.128. The van der Waals surface area contributed by atoms with Crippen LogP contribution in [0.5, 0.6) is 0 Å². The number of nitrogens with zero attached hydrogens (tertiary/aromatic N) is 2. The molecule has 1 aliphatic rings. The van der Waals surface area contributed by atoms with Crippen LogP contribution in [0.3, 0.4) is 0 Å². The van der Waals surface area contributed by atoms with E-state index in [-0.39, 0.29) is 5.41 Å². The molecule has 16 heavy (non-hydrogen) atoms. The summed E-state index contributed by atoms with van der Waals surface area (Å²) >= 11 is 0. The van der Waals surface area contributed by atoms with Crippen LogP contribution in [0.1, 0.15) is 31.4 Å². The van der Waals surface area contributed by atoms with Crippen LogP contribution in [0.4, 0.5) is 0 Å². The molecule has 0 saturated heterocycles. The highest BCUT2D eigenvalue weighted by Gasteiger charge is 2.32. The zero-order valence-corrected chi connectivity index (χ0v) is 9.95. The molecule has 0 unspecified atom stereocenters. The maximum Gasteiger partial charge on any atom is 0.0518 e. The van der Waals surface area contributed by atoms with Gasteiger partial charge in [0.05, 0.1) is 5.69 Å². The molecule has 1 aliphatic carbocycles. The van der Waals surface area contributed by atoms with Crippen LogP contribution in [-0.4, -0.2) is 28.0 Å². The Morgan fingerprint density at radius 2 is 2.25 bits per heavy atom. The van der Waals surface area contributed by atoms with Gasteiger partial charge in [-0.1, -0.05) is 12.8 Å². The van der Waals surface area contributed by atoms with Crippen molar-refractivity contribution in [2.45, 2.75) is 32.2 Å². The second-order valence-electron chi connectivity index (χ2n) is 4.91. The Kier molecular flexibility index (Phi) is 3.61. The highest BCUT2D eigenvalue weighted by atomic mass is 16.3. The summed E-state index contributed by atoms with van der Waals surface area (Å²) < 4.78 is 1.88. The van der Waals surface area contributed by atoms with Crippen LogP contribution < -0.4 is 5.32 Å². The van der Waals surface area contributed by atoms with E-state index in [9.17, 15) is 5.11 Å². The van der Waals surface area contributed by atoms with Gasteiger partial charge in [-0.3, -0.25) is 4.68 Å². The molecular weight excluding hydrogens is 202 g/mol. The lowest BCUT2D eigenvalue weighted by Crippen LogP contribution is -2.35. The SMILES string of the molecule is Cn1nccc1CNCC1(CO)CCCC1. The Hall–Kier alpha value is -0.870. The van der Waals surface area contributed by atoms with E-state index in [0.717, 1.165) is 25.9 Å². The van der Waals surface area contributed by atoms with E-state index in [1.165, 1.54) is 18.5 Å². The van der Waals surface area contributed by atoms with E-state index in [1.807, 2.05) is 24.0 Å². The Balaban J connectivity index is 1.81. The van der Waals surface area contributed by atoms with Crippen molar-refractivity contribution in [2.75, 3.05) is 13.2 Å². The molecule has 1 saturated carbocycles. The average molecular weight is 223 g/mol. The van der Waals surface area contributed by atoms with Crippen LogP contribution in [0.15, 0.2) is 12.3 Å². The molecule has 0 radical (unpaired) electrons. The van der Waals surface area contributed by atoms with Gasteiger partial charge < -0.3 is 10.4 Å². The number of aliphatic hydroxyl groups is 1. The predicted molar refractivity (Wildman–Crippen MR) is 62.9 cm³/mol. The Bertz CT molecular complexity index is 329. The third-order valence-electron chi connectivity index (χ3n) is 3.73. The molecule has 1 aromatic rings. The Labute approximate surface area is 96.7 Å². The number of nitrogens with one attached hydrogen (secondary N) is 1. The molecule has 1 heterocycles. The molecule has 2 rings (SSSR count). The first-order valence-corrected chi connectivity index (χ1v) is 6.04. The number of aryl methyl sites for hydroxylation is 1. The first kappa shape index (κ1) is 11.6. The number of rotatable bonds is 5. The first-order valence-electron chi connectivity index (χ1n) is 6.04. The summed E-state index contributed by atoms with van der Waals surface area (Å²) in [4.78, 5) is 0. The van der Waals surface area contributed by atoms with Crippen LogP contribution in [0.25, 0.3) is 0 Å². The maximum absolute atomic E-state index is 9.47. The third kappa shape index (κ3) is 2.44. The first-order chi connectivity index (χ1) is 7.76. The zero-order chi connectivity index (χ0) is 11.4. The Morgan fingerprint density at radius 1 is 1.50 bits per heavy atom. The van der Waals surface area contributed by atoms with Crippen molar-refractivity contribution in [3.8, 4) is 0 Å². The van der Waals surface area contributed by atoms with Gasteiger partial charge >= 0.3 is 0 Å². The van der Waals surface area contributed by atoms with Crippen molar-refractivity contribution in [1.82, 2.24) is 15.1 Å². The maximum atomic E-state index is 9.47. The standard InChI is InChI=1S/C12H21N3O/c1-15-11(4-7-14-15)8-13-9-12(10-16)5-2-3-6-12/h4,7,13,16H,2-3,5-6,8-10H2,1H3. The van der Waals surface area contributed by atoms with Gasteiger partial charge in [0, 0.05) is 38.4 Å². The lowest BCUT2D eigenvalue weighted by Gasteiger charge is -2.26. The highest BCUT2D eigenvalue weighted by Crippen LogP contribution is 2.36. The molecule has 0 amide bonds. The number of aromatic nitrogens is 2. The van der Waals surface area contributed by atoms with Gasteiger partial charge in [0.1, 0.15) is 0 Å². The minimum Gasteiger partial charge on any atom is -0.396 e. The van der Waals surface area contributed by atoms with Gasteiger partial charge in [0.25, 0.3) is 0 Å². The van der Waals surface area contributed by atoms with Crippen molar-refractivity contribution >= 4 is 0 Å². The van der Waals surface area contributed by atoms with Crippen molar-refractivity contribution in [2.24, 2.45) is 12.5 Å². The number of hydrogen-bond donors (Lipinski definition) is 2. The summed E-state index contributed by atoms with van der Waals surface area (Å²) in [5.74, 6) is 0. The Morgan fingerprint density at radius 3 is 2.81 bits per heavy atom. The predicted octanol–water partition coefficient (Wildman–Crippen LogP) is 1.06. The van der Waals surface area contributed by atoms with E-state index < -0.39 is 0 Å². The molecule has 90 valence electrons.